The molecule has 1 atom stereocenters. The first-order valence-electron chi connectivity index (χ1n) is 12.1. The minimum Gasteiger partial charge on any atom is -0.496 e. The number of aryl methyl sites for hydroxylation is 3. The highest BCUT2D eigenvalue weighted by molar-refractivity contribution is 7.21. The molecule has 4 heterocycles. The first-order valence-corrected chi connectivity index (χ1v) is 12.9. The van der Waals surface area contributed by atoms with Crippen LogP contribution in [0.15, 0.2) is 40.2 Å². The first-order chi connectivity index (χ1) is 17.8. The van der Waals surface area contributed by atoms with Gasteiger partial charge in [0.25, 0.3) is 5.56 Å². The number of carbonyl (C=O) groups excluding carboxylic acids is 1. The topological polar surface area (TPSA) is 104 Å². The van der Waals surface area contributed by atoms with E-state index in [2.05, 4.69) is 10.2 Å². The predicted molar refractivity (Wildman–Crippen MR) is 137 cm³/mol. The molecule has 0 aliphatic carbocycles. The van der Waals surface area contributed by atoms with Crippen LogP contribution in [0.25, 0.3) is 15.2 Å². The van der Waals surface area contributed by atoms with Crippen LogP contribution in [0.2, 0.25) is 0 Å². The number of hydrogen-bond acceptors (Lipinski definition) is 7. The van der Waals surface area contributed by atoms with E-state index in [4.69, 9.17) is 4.74 Å². The molecule has 1 fully saturated rings. The average Bonchev–Trinajstić information content (AvgIpc) is 3.65. The molecule has 1 aromatic carbocycles. The quantitative estimate of drug-likeness (QED) is 0.367. The molecule has 5 rings (SSSR count). The van der Waals surface area contributed by atoms with Crippen LogP contribution >= 0.6 is 11.3 Å². The van der Waals surface area contributed by atoms with E-state index in [0.29, 0.717) is 45.2 Å². The lowest BCUT2D eigenvalue weighted by Gasteiger charge is -2.22. The molecule has 10 nitrogen and oxygen atoms in total. The lowest BCUT2D eigenvalue weighted by atomic mass is 10.1. The van der Waals surface area contributed by atoms with Crippen molar-refractivity contribution in [1.82, 2.24) is 29.0 Å². The lowest BCUT2D eigenvalue weighted by molar-refractivity contribution is -0.133. The van der Waals surface area contributed by atoms with Gasteiger partial charge in [0.2, 0.25) is 5.91 Å². The summed E-state index contributed by atoms with van der Waals surface area (Å²) in [6.45, 7) is 4.74. The third-order valence-electron chi connectivity index (χ3n) is 6.83. The number of hydrogen-bond donors (Lipinski definition) is 0. The highest BCUT2D eigenvalue weighted by Gasteiger charge is 2.30. The number of carbonyl (C=O) groups is 1. The summed E-state index contributed by atoms with van der Waals surface area (Å²) < 4.78 is 21.9. The Kier molecular flexibility index (Phi) is 6.67. The smallest absolute Gasteiger partial charge is 0.332 e. The second-order valence-electron chi connectivity index (χ2n) is 9.05. The number of rotatable bonds is 7. The van der Waals surface area contributed by atoms with E-state index in [9.17, 15) is 18.8 Å². The minimum atomic E-state index is -0.969. The van der Waals surface area contributed by atoms with Crippen LogP contribution < -0.4 is 16.0 Å². The number of thiophene rings is 1. The maximum absolute atomic E-state index is 14.0. The largest absolute Gasteiger partial charge is 0.496 e. The van der Waals surface area contributed by atoms with E-state index >= 15 is 0 Å². The van der Waals surface area contributed by atoms with Crippen molar-refractivity contribution in [2.24, 2.45) is 0 Å². The molecule has 0 N–H and O–H groups in total. The summed E-state index contributed by atoms with van der Waals surface area (Å²) >= 11 is 1.23. The predicted octanol–water partition coefficient (Wildman–Crippen LogP) is 2.69. The van der Waals surface area contributed by atoms with E-state index in [1.165, 1.54) is 58.4 Å². The minimum absolute atomic E-state index is 0.145. The molecule has 0 radical (unpaired) electrons. The summed E-state index contributed by atoms with van der Waals surface area (Å²) in [4.78, 5) is 44.4. The van der Waals surface area contributed by atoms with E-state index < -0.39 is 23.1 Å². The normalized spacial score (nSPS) is 14.4. The Morgan fingerprint density at radius 3 is 2.57 bits per heavy atom. The van der Waals surface area contributed by atoms with Crippen LogP contribution in [0.1, 0.15) is 36.9 Å². The molecule has 194 valence electrons. The zero-order valence-corrected chi connectivity index (χ0v) is 21.6. The molecule has 4 aromatic rings. The molecule has 1 saturated heterocycles. The molecule has 0 spiro atoms. The molecule has 37 heavy (non-hydrogen) atoms. The fourth-order valence-corrected chi connectivity index (χ4v) is 6.13. The van der Waals surface area contributed by atoms with Crippen molar-refractivity contribution in [2.75, 3.05) is 20.2 Å². The standard InChI is InChI=1S/C25H27FN6O4S/c1-15-20-22(34)31(16(2)21(33)29-11-4-5-12-29)25(35)30(24(20)37-23(15)32-27-9-10-28-32)13-8-17-14-18(26)6-7-19(17)36-3/h6-7,9-10,14,16H,4-5,8,11-13H2,1-3H3. The Labute approximate surface area is 215 Å². The van der Waals surface area contributed by atoms with Gasteiger partial charge in [-0.15, -0.1) is 4.80 Å². The number of likely N-dealkylation sites (tertiary alicyclic amines) is 1. The Morgan fingerprint density at radius 2 is 1.89 bits per heavy atom. The first kappa shape index (κ1) is 24.9. The SMILES string of the molecule is COc1ccc(F)cc1CCn1c(=O)n(C(C)C(=O)N2CCCC2)c(=O)c2c(C)c(-n3nccn3)sc21. The van der Waals surface area contributed by atoms with Gasteiger partial charge >= 0.3 is 5.69 Å². The molecule has 0 saturated carbocycles. The number of methoxy groups -OCH3 is 1. The zero-order chi connectivity index (χ0) is 26.3. The third-order valence-corrected chi connectivity index (χ3v) is 8.11. The number of nitrogens with zero attached hydrogens (tertiary/aromatic N) is 6. The Morgan fingerprint density at radius 1 is 1.19 bits per heavy atom. The van der Waals surface area contributed by atoms with Crippen LogP contribution in [0.5, 0.6) is 5.75 Å². The van der Waals surface area contributed by atoms with E-state index in [0.717, 1.165) is 17.4 Å². The Bertz CT molecular complexity index is 1580. The molecule has 0 bridgehead atoms. The van der Waals surface area contributed by atoms with Crippen LogP contribution in [-0.2, 0) is 17.8 Å². The van der Waals surface area contributed by atoms with E-state index in [1.807, 2.05) is 0 Å². The Hall–Kier alpha value is -3.80. The summed E-state index contributed by atoms with van der Waals surface area (Å²) in [5, 5.41) is 9.32. The number of amides is 1. The van der Waals surface area contributed by atoms with Gasteiger partial charge in [-0.2, -0.15) is 10.2 Å². The summed E-state index contributed by atoms with van der Waals surface area (Å²) in [6, 6.07) is 3.25. The van der Waals surface area contributed by atoms with Gasteiger partial charge < -0.3 is 9.64 Å². The molecule has 3 aromatic heterocycles. The molecule has 1 aliphatic rings. The second-order valence-corrected chi connectivity index (χ2v) is 10.0. The van der Waals surface area contributed by atoms with Crippen LogP contribution in [0.4, 0.5) is 4.39 Å². The van der Waals surface area contributed by atoms with Crippen LogP contribution in [0, 0.1) is 12.7 Å². The van der Waals surface area contributed by atoms with Gasteiger partial charge in [-0.05, 0) is 56.9 Å². The van der Waals surface area contributed by atoms with Gasteiger partial charge in [0.1, 0.15) is 27.4 Å². The number of ether oxygens (including phenoxy) is 1. The molecule has 1 aliphatic heterocycles. The van der Waals surface area contributed by atoms with Gasteiger partial charge in [-0.1, -0.05) is 11.3 Å². The summed E-state index contributed by atoms with van der Waals surface area (Å²) in [5.74, 6) is -0.168. The summed E-state index contributed by atoms with van der Waals surface area (Å²) in [6.07, 6.45) is 5.13. The average molecular weight is 527 g/mol. The molecular formula is C25H27FN6O4S. The van der Waals surface area contributed by atoms with Crippen molar-refractivity contribution in [1.29, 1.82) is 0 Å². The second kappa shape index (κ2) is 9.92. The summed E-state index contributed by atoms with van der Waals surface area (Å²) in [7, 11) is 1.50. The van der Waals surface area contributed by atoms with Crippen LogP contribution in [-0.4, -0.2) is 55.1 Å². The number of aromatic nitrogens is 5. The highest BCUT2D eigenvalue weighted by atomic mass is 32.1. The Balaban J connectivity index is 1.68. The van der Waals surface area contributed by atoms with Gasteiger partial charge in [0.05, 0.1) is 24.9 Å². The van der Waals surface area contributed by atoms with Crippen LogP contribution in [0.3, 0.4) is 0 Å². The van der Waals surface area contributed by atoms with Crippen molar-refractivity contribution < 1.29 is 13.9 Å². The summed E-state index contributed by atoms with van der Waals surface area (Å²) in [5.41, 5.74) is 0.0949. The van der Waals surface area contributed by atoms with Crippen molar-refractivity contribution >= 4 is 27.5 Å². The monoisotopic (exact) mass is 526 g/mol. The van der Waals surface area contributed by atoms with Gasteiger partial charge in [-0.3, -0.25) is 14.2 Å². The highest BCUT2D eigenvalue weighted by Crippen LogP contribution is 2.31. The molecular weight excluding hydrogens is 499 g/mol. The zero-order valence-electron chi connectivity index (χ0n) is 20.8. The van der Waals surface area contributed by atoms with Gasteiger partial charge in [0, 0.05) is 25.2 Å². The lowest BCUT2D eigenvalue weighted by Crippen LogP contribution is -2.46. The van der Waals surface area contributed by atoms with Crippen molar-refractivity contribution in [3.8, 4) is 10.8 Å². The molecule has 1 amide bonds. The van der Waals surface area contributed by atoms with Gasteiger partial charge in [0.15, 0.2) is 0 Å². The van der Waals surface area contributed by atoms with Crippen molar-refractivity contribution in [3.05, 3.63) is 68.4 Å². The van der Waals surface area contributed by atoms with Gasteiger partial charge in [-0.25, -0.2) is 13.8 Å². The molecule has 12 heteroatoms. The molecule has 1 unspecified atom stereocenters. The maximum Gasteiger partial charge on any atom is 0.332 e. The number of halogens is 1. The third kappa shape index (κ3) is 4.35. The van der Waals surface area contributed by atoms with Crippen molar-refractivity contribution in [2.45, 2.75) is 45.7 Å². The maximum atomic E-state index is 14.0. The fourth-order valence-electron chi connectivity index (χ4n) is 4.89. The number of benzene rings is 1. The fraction of sp³-hybridized carbons (Fsp3) is 0.400. The van der Waals surface area contributed by atoms with E-state index in [-0.39, 0.29) is 18.9 Å². The number of fused-ring (bicyclic) bond motifs is 1. The van der Waals surface area contributed by atoms with Crippen molar-refractivity contribution in [3.63, 3.8) is 0 Å². The van der Waals surface area contributed by atoms with E-state index in [1.54, 1.807) is 18.7 Å².